The van der Waals surface area contributed by atoms with Crippen LogP contribution < -0.4 is 15.4 Å². The third kappa shape index (κ3) is 3.56. The quantitative estimate of drug-likeness (QED) is 0.804. The van der Waals surface area contributed by atoms with Crippen LogP contribution in [0, 0.1) is 12.8 Å². The molecule has 2 N–H and O–H groups in total. The summed E-state index contributed by atoms with van der Waals surface area (Å²) in [4.78, 5) is 8.48. The number of aryl methyl sites for hydroxylation is 1. The first-order valence-corrected chi connectivity index (χ1v) is 6.12. The van der Waals surface area contributed by atoms with Crippen molar-refractivity contribution in [2.24, 2.45) is 5.92 Å². The summed E-state index contributed by atoms with van der Waals surface area (Å²) in [6, 6.07) is 1.83. The van der Waals surface area contributed by atoms with Crippen LogP contribution in [0.25, 0.3) is 0 Å². The van der Waals surface area contributed by atoms with E-state index in [0.29, 0.717) is 5.88 Å². The fourth-order valence-corrected chi connectivity index (χ4v) is 2.10. The maximum atomic E-state index is 5.11. The first kappa shape index (κ1) is 12.1. The first-order valence-electron chi connectivity index (χ1n) is 6.12. The number of methoxy groups -OCH3 is 1. The largest absolute Gasteiger partial charge is 0.481 e. The molecule has 1 aromatic rings. The molecule has 17 heavy (non-hydrogen) atoms. The van der Waals surface area contributed by atoms with Crippen LogP contribution in [-0.2, 0) is 0 Å². The van der Waals surface area contributed by atoms with Crippen LogP contribution in [0.4, 0.5) is 5.82 Å². The molecule has 0 saturated carbocycles. The summed E-state index contributed by atoms with van der Waals surface area (Å²) in [5.41, 5.74) is 0. The number of hydrogen-bond donors (Lipinski definition) is 2. The molecule has 0 aromatic carbocycles. The summed E-state index contributed by atoms with van der Waals surface area (Å²) in [6.45, 7) is 5.12. The van der Waals surface area contributed by atoms with Crippen LogP contribution in [-0.4, -0.2) is 36.7 Å². The van der Waals surface area contributed by atoms with Crippen molar-refractivity contribution in [2.45, 2.75) is 19.8 Å². The summed E-state index contributed by atoms with van der Waals surface area (Å²) in [5.74, 6) is 2.99. The Hall–Kier alpha value is -1.36. The molecule has 1 atom stereocenters. The van der Waals surface area contributed by atoms with Crippen molar-refractivity contribution in [3.05, 3.63) is 11.9 Å². The predicted molar refractivity (Wildman–Crippen MR) is 67.4 cm³/mol. The normalized spacial score (nSPS) is 19.3. The van der Waals surface area contributed by atoms with Gasteiger partial charge >= 0.3 is 0 Å². The van der Waals surface area contributed by atoms with E-state index in [1.54, 1.807) is 7.11 Å². The molecule has 1 aliphatic heterocycles. The molecule has 2 rings (SSSR count). The minimum atomic E-state index is 0.613. The van der Waals surface area contributed by atoms with Crippen molar-refractivity contribution in [3.63, 3.8) is 0 Å². The van der Waals surface area contributed by atoms with Gasteiger partial charge in [0.1, 0.15) is 11.6 Å². The van der Waals surface area contributed by atoms with E-state index >= 15 is 0 Å². The lowest BCUT2D eigenvalue weighted by Crippen LogP contribution is -2.13. The Morgan fingerprint density at radius 2 is 2.41 bits per heavy atom. The van der Waals surface area contributed by atoms with Crippen LogP contribution in [0.2, 0.25) is 0 Å². The maximum Gasteiger partial charge on any atom is 0.218 e. The van der Waals surface area contributed by atoms with Crippen LogP contribution in [0.5, 0.6) is 5.88 Å². The molecular weight excluding hydrogens is 216 g/mol. The predicted octanol–water partition coefficient (Wildman–Crippen LogP) is 1.21. The highest BCUT2D eigenvalue weighted by molar-refractivity contribution is 5.38. The van der Waals surface area contributed by atoms with E-state index in [2.05, 4.69) is 20.6 Å². The van der Waals surface area contributed by atoms with Crippen molar-refractivity contribution in [1.29, 1.82) is 0 Å². The zero-order chi connectivity index (χ0) is 12.1. The van der Waals surface area contributed by atoms with Crippen molar-refractivity contribution < 1.29 is 4.74 Å². The molecule has 5 heteroatoms. The molecule has 1 saturated heterocycles. The molecule has 1 aliphatic rings. The fraction of sp³-hybridized carbons (Fsp3) is 0.667. The molecule has 0 spiro atoms. The standard InChI is InChI=1S/C12H20N4O/c1-9-15-11(7-12(16-9)17-2)14-6-4-10-3-5-13-8-10/h7,10,13H,3-6,8H2,1-2H3,(H,14,15,16). The summed E-state index contributed by atoms with van der Waals surface area (Å²) in [6.07, 6.45) is 2.46. The lowest BCUT2D eigenvalue weighted by Gasteiger charge is -2.10. The van der Waals surface area contributed by atoms with Crippen molar-refractivity contribution >= 4 is 5.82 Å². The maximum absolute atomic E-state index is 5.11. The van der Waals surface area contributed by atoms with E-state index in [-0.39, 0.29) is 0 Å². The van der Waals surface area contributed by atoms with Crippen molar-refractivity contribution in [2.75, 3.05) is 32.1 Å². The van der Waals surface area contributed by atoms with E-state index in [1.807, 2.05) is 13.0 Å². The third-order valence-electron chi connectivity index (χ3n) is 3.04. The minimum absolute atomic E-state index is 0.613. The number of rotatable bonds is 5. The Bertz CT molecular complexity index is 364. The number of ether oxygens (including phenoxy) is 1. The number of nitrogens with zero attached hydrogens (tertiary/aromatic N) is 2. The first-order chi connectivity index (χ1) is 8.28. The van der Waals surface area contributed by atoms with Gasteiger partial charge in [-0.05, 0) is 38.8 Å². The van der Waals surface area contributed by atoms with Crippen molar-refractivity contribution in [3.8, 4) is 5.88 Å². The second kappa shape index (κ2) is 5.82. The SMILES string of the molecule is COc1cc(NCCC2CCNC2)nc(C)n1. The molecule has 0 radical (unpaired) electrons. The van der Waals surface area contributed by atoms with Gasteiger partial charge < -0.3 is 15.4 Å². The van der Waals surface area contributed by atoms with Crippen LogP contribution >= 0.6 is 0 Å². The second-order valence-electron chi connectivity index (χ2n) is 4.42. The van der Waals surface area contributed by atoms with Crippen LogP contribution in [0.1, 0.15) is 18.7 Å². The summed E-state index contributed by atoms with van der Waals surface area (Å²) < 4.78 is 5.11. The summed E-state index contributed by atoms with van der Waals surface area (Å²) >= 11 is 0. The minimum Gasteiger partial charge on any atom is -0.481 e. The second-order valence-corrected chi connectivity index (χ2v) is 4.42. The van der Waals surface area contributed by atoms with Crippen LogP contribution in [0.3, 0.4) is 0 Å². The summed E-state index contributed by atoms with van der Waals surface area (Å²) in [7, 11) is 1.62. The molecule has 1 aromatic heterocycles. The topological polar surface area (TPSA) is 59.1 Å². The molecule has 0 amide bonds. The fourth-order valence-electron chi connectivity index (χ4n) is 2.10. The van der Waals surface area contributed by atoms with Gasteiger partial charge in [0, 0.05) is 12.6 Å². The smallest absolute Gasteiger partial charge is 0.218 e. The highest BCUT2D eigenvalue weighted by Gasteiger charge is 2.13. The van der Waals surface area contributed by atoms with Gasteiger partial charge in [0.15, 0.2) is 0 Å². The van der Waals surface area contributed by atoms with Gasteiger partial charge in [-0.3, -0.25) is 0 Å². The number of nitrogens with one attached hydrogen (secondary N) is 2. The Balaban J connectivity index is 1.83. The Morgan fingerprint density at radius 1 is 1.53 bits per heavy atom. The van der Waals surface area contributed by atoms with Gasteiger partial charge in [-0.1, -0.05) is 0 Å². The third-order valence-corrected chi connectivity index (χ3v) is 3.04. The molecule has 2 heterocycles. The highest BCUT2D eigenvalue weighted by Crippen LogP contribution is 2.15. The van der Waals surface area contributed by atoms with Gasteiger partial charge in [-0.15, -0.1) is 0 Å². The molecular formula is C12H20N4O. The lowest BCUT2D eigenvalue weighted by molar-refractivity contribution is 0.396. The molecule has 1 fully saturated rings. The summed E-state index contributed by atoms with van der Waals surface area (Å²) in [5, 5.41) is 6.70. The lowest BCUT2D eigenvalue weighted by atomic mass is 10.1. The zero-order valence-electron chi connectivity index (χ0n) is 10.5. The van der Waals surface area contributed by atoms with Gasteiger partial charge in [-0.2, -0.15) is 4.98 Å². The molecule has 94 valence electrons. The van der Waals surface area contributed by atoms with E-state index < -0.39 is 0 Å². The number of anilines is 1. The van der Waals surface area contributed by atoms with Gasteiger partial charge in [-0.25, -0.2) is 4.98 Å². The monoisotopic (exact) mass is 236 g/mol. The zero-order valence-corrected chi connectivity index (χ0v) is 10.5. The van der Waals surface area contributed by atoms with Crippen molar-refractivity contribution in [1.82, 2.24) is 15.3 Å². The van der Waals surface area contributed by atoms with Crippen LogP contribution in [0.15, 0.2) is 6.07 Å². The molecule has 1 unspecified atom stereocenters. The molecule has 0 bridgehead atoms. The number of aromatic nitrogens is 2. The van der Waals surface area contributed by atoms with E-state index in [4.69, 9.17) is 4.74 Å². The average Bonchev–Trinajstić information content (AvgIpc) is 2.81. The number of hydrogen-bond acceptors (Lipinski definition) is 5. The van der Waals surface area contributed by atoms with Gasteiger partial charge in [0.05, 0.1) is 7.11 Å². The Kier molecular flexibility index (Phi) is 4.14. The van der Waals surface area contributed by atoms with E-state index in [1.165, 1.54) is 12.8 Å². The average molecular weight is 236 g/mol. The van der Waals surface area contributed by atoms with E-state index in [0.717, 1.165) is 37.2 Å². The Labute approximate surface area is 102 Å². The van der Waals surface area contributed by atoms with E-state index in [9.17, 15) is 0 Å². The van der Waals surface area contributed by atoms with Gasteiger partial charge in [0.2, 0.25) is 5.88 Å². The highest BCUT2D eigenvalue weighted by atomic mass is 16.5. The Morgan fingerprint density at radius 3 is 3.12 bits per heavy atom. The molecule has 5 nitrogen and oxygen atoms in total. The molecule has 0 aliphatic carbocycles. The van der Waals surface area contributed by atoms with Gasteiger partial charge in [0.25, 0.3) is 0 Å².